The largest absolute Gasteiger partial charge is 0.254 e. The highest BCUT2D eigenvalue weighted by Crippen LogP contribution is 2.32. The molecule has 1 aromatic heterocycles. The Morgan fingerprint density at radius 3 is 2.56 bits per heavy atom. The first-order chi connectivity index (χ1) is 8.45. The Labute approximate surface area is 117 Å². The number of aromatic nitrogens is 1. The predicted molar refractivity (Wildman–Crippen MR) is 73.6 cm³/mol. The molecule has 0 aliphatic heterocycles. The van der Waals surface area contributed by atoms with E-state index in [0.717, 1.165) is 24.2 Å². The average molecular weight is 309 g/mol. The molecule has 2 rings (SSSR count). The minimum absolute atomic E-state index is 0.283. The maximum atomic E-state index is 12.5. The number of nitrogens with zero attached hydrogens (tertiary/aromatic N) is 2. The van der Waals surface area contributed by atoms with Crippen molar-refractivity contribution < 1.29 is 8.42 Å². The second-order valence-corrected chi connectivity index (χ2v) is 8.31. The van der Waals surface area contributed by atoms with Crippen molar-refractivity contribution >= 4 is 33.0 Å². The van der Waals surface area contributed by atoms with E-state index in [1.165, 1.54) is 6.42 Å². The van der Waals surface area contributed by atoms with Crippen LogP contribution >= 0.6 is 22.9 Å². The zero-order valence-corrected chi connectivity index (χ0v) is 12.9. The van der Waals surface area contributed by atoms with Gasteiger partial charge in [0.05, 0.1) is 5.69 Å². The predicted octanol–water partition coefficient (Wildman–Crippen LogP) is 2.92. The Morgan fingerprint density at radius 2 is 2.17 bits per heavy atom. The van der Waals surface area contributed by atoms with E-state index < -0.39 is 10.0 Å². The number of thiazole rings is 1. The van der Waals surface area contributed by atoms with Gasteiger partial charge in [-0.25, -0.2) is 13.4 Å². The zero-order valence-electron chi connectivity index (χ0n) is 10.5. The summed E-state index contributed by atoms with van der Waals surface area (Å²) in [5, 5.41) is 0. The van der Waals surface area contributed by atoms with Crippen LogP contribution in [0.4, 0.5) is 0 Å². The minimum Gasteiger partial charge on any atom is -0.229 e. The molecule has 1 fully saturated rings. The maximum Gasteiger partial charge on any atom is 0.254 e. The third-order valence-corrected chi connectivity index (χ3v) is 7.13. The maximum absolute atomic E-state index is 12.5. The molecule has 0 spiro atoms. The second kappa shape index (κ2) is 5.45. The topological polar surface area (TPSA) is 50.3 Å². The fourth-order valence-corrected chi connectivity index (χ4v) is 5.47. The van der Waals surface area contributed by atoms with Gasteiger partial charge in [-0.05, 0) is 25.7 Å². The van der Waals surface area contributed by atoms with E-state index in [9.17, 15) is 8.42 Å². The summed E-state index contributed by atoms with van der Waals surface area (Å²) in [4.78, 5) is 3.99. The molecule has 1 aromatic rings. The molecule has 1 aliphatic rings. The van der Waals surface area contributed by atoms with Gasteiger partial charge in [-0.3, -0.25) is 0 Å². The molecule has 1 heterocycles. The van der Waals surface area contributed by atoms with Crippen LogP contribution in [0.1, 0.15) is 31.9 Å². The first-order valence-electron chi connectivity index (χ1n) is 6.08. The van der Waals surface area contributed by atoms with Crippen LogP contribution < -0.4 is 0 Å². The molecule has 0 aromatic carbocycles. The van der Waals surface area contributed by atoms with Crippen LogP contribution in [0.5, 0.6) is 0 Å². The summed E-state index contributed by atoms with van der Waals surface area (Å²) in [5.41, 5.74) is 0.497. The van der Waals surface area contributed by atoms with Crippen molar-refractivity contribution in [2.24, 2.45) is 5.92 Å². The number of sulfonamides is 1. The van der Waals surface area contributed by atoms with E-state index in [1.54, 1.807) is 11.2 Å². The van der Waals surface area contributed by atoms with Gasteiger partial charge in [0.1, 0.15) is 0 Å². The van der Waals surface area contributed by atoms with Gasteiger partial charge in [-0.15, -0.1) is 0 Å². The van der Waals surface area contributed by atoms with Crippen LogP contribution in [0.2, 0.25) is 4.47 Å². The standard InChI is InChI=1S/C11H17ClN2O2S2/c1-3-14(7-9-5-4-6-9)18(15,16)10-8(2)13-11(12)17-10/h9H,3-7H2,1-2H3. The highest BCUT2D eigenvalue weighted by atomic mass is 35.5. The number of halogens is 1. The highest BCUT2D eigenvalue weighted by Gasteiger charge is 2.31. The van der Waals surface area contributed by atoms with Crippen LogP contribution in [0, 0.1) is 12.8 Å². The van der Waals surface area contributed by atoms with Crippen LogP contribution in [-0.2, 0) is 10.0 Å². The summed E-state index contributed by atoms with van der Waals surface area (Å²) >= 11 is 6.83. The molecule has 0 atom stereocenters. The summed E-state index contributed by atoms with van der Waals surface area (Å²) in [6, 6.07) is 0. The number of hydrogen-bond donors (Lipinski definition) is 0. The molecule has 0 bridgehead atoms. The molecule has 0 N–H and O–H groups in total. The van der Waals surface area contributed by atoms with Crippen molar-refractivity contribution in [2.75, 3.05) is 13.1 Å². The fraction of sp³-hybridized carbons (Fsp3) is 0.727. The van der Waals surface area contributed by atoms with Crippen molar-refractivity contribution in [3.05, 3.63) is 10.2 Å². The van der Waals surface area contributed by atoms with Crippen LogP contribution in [0.3, 0.4) is 0 Å². The second-order valence-electron chi connectivity index (χ2n) is 4.59. The molecule has 1 aliphatic carbocycles. The van der Waals surface area contributed by atoms with E-state index in [0.29, 0.717) is 24.7 Å². The number of aryl methyl sites for hydroxylation is 1. The number of rotatable bonds is 5. The van der Waals surface area contributed by atoms with Crippen LogP contribution in [0.15, 0.2) is 4.21 Å². The summed E-state index contributed by atoms with van der Waals surface area (Å²) in [6.07, 6.45) is 3.48. The Balaban J connectivity index is 2.24. The van der Waals surface area contributed by atoms with Gasteiger partial charge in [0.15, 0.2) is 8.68 Å². The summed E-state index contributed by atoms with van der Waals surface area (Å²) in [7, 11) is -3.43. The van der Waals surface area contributed by atoms with Gasteiger partial charge in [-0.1, -0.05) is 36.3 Å². The molecular weight excluding hydrogens is 292 g/mol. The van der Waals surface area contributed by atoms with Gasteiger partial charge in [0.2, 0.25) is 0 Å². The highest BCUT2D eigenvalue weighted by molar-refractivity contribution is 7.91. The smallest absolute Gasteiger partial charge is 0.229 e. The molecule has 7 heteroatoms. The Kier molecular flexibility index (Phi) is 4.31. The normalized spacial score (nSPS) is 17.1. The fourth-order valence-electron chi connectivity index (χ4n) is 2.07. The molecular formula is C11H17ClN2O2S2. The molecule has 4 nitrogen and oxygen atoms in total. The number of hydrogen-bond acceptors (Lipinski definition) is 4. The van der Waals surface area contributed by atoms with E-state index in [2.05, 4.69) is 4.98 Å². The van der Waals surface area contributed by atoms with E-state index in [1.807, 2.05) is 6.92 Å². The summed E-state index contributed by atoms with van der Waals surface area (Å²) in [5.74, 6) is 0.517. The molecule has 0 radical (unpaired) electrons. The summed E-state index contributed by atoms with van der Waals surface area (Å²) in [6.45, 7) is 4.67. The van der Waals surface area contributed by atoms with Gasteiger partial charge in [0, 0.05) is 13.1 Å². The average Bonchev–Trinajstić information content (AvgIpc) is 2.56. The van der Waals surface area contributed by atoms with Crippen molar-refractivity contribution in [3.8, 4) is 0 Å². The van der Waals surface area contributed by atoms with Crippen molar-refractivity contribution in [3.63, 3.8) is 0 Å². The van der Waals surface area contributed by atoms with Crippen molar-refractivity contribution in [1.29, 1.82) is 0 Å². The molecule has 0 saturated heterocycles. The summed E-state index contributed by atoms with van der Waals surface area (Å²) < 4.78 is 27.1. The van der Waals surface area contributed by atoms with Gasteiger partial charge < -0.3 is 0 Å². The molecule has 0 amide bonds. The Bertz CT molecular complexity index is 523. The monoisotopic (exact) mass is 308 g/mol. The lowest BCUT2D eigenvalue weighted by atomic mass is 9.85. The van der Waals surface area contributed by atoms with Gasteiger partial charge in [0.25, 0.3) is 10.0 Å². The van der Waals surface area contributed by atoms with E-state index in [-0.39, 0.29) is 8.68 Å². The van der Waals surface area contributed by atoms with Crippen molar-refractivity contribution in [1.82, 2.24) is 9.29 Å². The van der Waals surface area contributed by atoms with E-state index >= 15 is 0 Å². The first-order valence-corrected chi connectivity index (χ1v) is 8.71. The van der Waals surface area contributed by atoms with E-state index in [4.69, 9.17) is 11.6 Å². The quantitative estimate of drug-likeness (QED) is 0.840. The molecule has 1 saturated carbocycles. The Morgan fingerprint density at radius 1 is 1.50 bits per heavy atom. The third-order valence-electron chi connectivity index (χ3n) is 3.34. The molecule has 18 heavy (non-hydrogen) atoms. The molecule has 0 unspecified atom stereocenters. The van der Waals surface area contributed by atoms with Crippen molar-refractivity contribution in [2.45, 2.75) is 37.3 Å². The first kappa shape index (κ1) is 14.2. The minimum atomic E-state index is -3.43. The lowest BCUT2D eigenvalue weighted by Gasteiger charge is -2.30. The van der Waals surface area contributed by atoms with Gasteiger partial charge in [-0.2, -0.15) is 4.31 Å². The molecule has 102 valence electrons. The van der Waals surface area contributed by atoms with Gasteiger partial charge >= 0.3 is 0 Å². The van der Waals surface area contributed by atoms with Crippen LogP contribution in [-0.4, -0.2) is 30.8 Å². The SMILES string of the molecule is CCN(CC1CCC1)S(=O)(=O)c1sc(Cl)nc1C. The lowest BCUT2D eigenvalue weighted by molar-refractivity contribution is 0.250. The van der Waals surface area contributed by atoms with Crippen LogP contribution in [0.25, 0.3) is 0 Å². The third kappa shape index (κ3) is 2.71. The lowest BCUT2D eigenvalue weighted by Crippen LogP contribution is -2.37. The Hall–Kier alpha value is -0.170. The zero-order chi connectivity index (χ0) is 13.3.